The number of hydrogen-bond acceptors (Lipinski definition) is 4. The number of carbonyl (C=O) groups is 1. The van der Waals surface area contributed by atoms with Gasteiger partial charge in [0.25, 0.3) is 0 Å². The van der Waals surface area contributed by atoms with Crippen LogP contribution in [0.4, 0.5) is 0 Å². The molecule has 2 rings (SSSR count). The molecule has 0 aromatic rings. The molecule has 2 aliphatic heterocycles. The molecule has 0 atom stereocenters. The van der Waals surface area contributed by atoms with Crippen molar-refractivity contribution in [1.82, 2.24) is 15.1 Å². The van der Waals surface area contributed by atoms with Gasteiger partial charge in [0.15, 0.2) is 0 Å². The molecular weight excluding hydrogens is 310 g/mol. The summed E-state index contributed by atoms with van der Waals surface area (Å²) >= 11 is 0. The molecule has 2 fully saturated rings. The van der Waals surface area contributed by atoms with Crippen LogP contribution in [-0.2, 0) is 4.79 Å². The maximum Gasteiger partial charge on any atom is 0.135 e. The van der Waals surface area contributed by atoms with Crippen molar-refractivity contribution >= 4 is 5.78 Å². The van der Waals surface area contributed by atoms with Crippen LogP contribution in [0.1, 0.15) is 74.6 Å². The van der Waals surface area contributed by atoms with Crippen molar-refractivity contribution in [3.05, 3.63) is 0 Å². The van der Waals surface area contributed by atoms with Crippen LogP contribution in [0.5, 0.6) is 0 Å². The van der Waals surface area contributed by atoms with E-state index in [-0.39, 0.29) is 1.43 Å². The van der Waals surface area contributed by atoms with Crippen LogP contribution in [-0.4, -0.2) is 66.9 Å². The topological polar surface area (TPSA) is 35.6 Å². The fraction of sp³-hybridized carbons (Fsp3) is 0.952. The van der Waals surface area contributed by atoms with Crippen LogP contribution in [0.25, 0.3) is 0 Å². The summed E-state index contributed by atoms with van der Waals surface area (Å²) in [5.74, 6) is 0.833. The average Bonchev–Trinajstić information content (AvgIpc) is 2.67. The molecule has 4 nitrogen and oxygen atoms in total. The second-order valence-electron chi connectivity index (χ2n) is 7.67. The summed E-state index contributed by atoms with van der Waals surface area (Å²) in [4.78, 5) is 17.1. The minimum atomic E-state index is 0. The van der Waals surface area contributed by atoms with Gasteiger partial charge in [-0.05, 0) is 71.4 Å². The molecule has 25 heavy (non-hydrogen) atoms. The molecule has 0 radical (unpaired) electrons. The third-order valence-corrected chi connectivity index (χ3v) is 5.61. The summed E-state index contributed by atoms with van der Waals surface area (Å²) in [5, 5.41) is 3.50. The van der Waals surface area contributed by atoms with Crippen molar-refractivity contribution in [2.75, 3.05) is 39.3 Å². The highest BCUT2D eigenvalue weighted by atomic mass is 16.1. The molecule has 0 amide bonds. The number of rotatable bonds is 8. The van der Waals surface area contributed by atoms with Gasteiger partial charge in [0.2, 0.25) is 0 Å². The van der Waals surface area contributed by atoms with E-state index in [4.69, 9.17) is 0 Å². The van der Waals surface area contributed by atoms with E-state index in [9.17, 15) is 4.79 Å². The lowest BCUT2D eigenvalue weighted by atomic mass is 9.89. The van der Waals surface area contributed by atoms with Crippen LogP contribution in [0, 0.1) is 5.92 Å². The van der Waals surface area contributed by atoms with Gasteiger partial charge in [0.05, 0.1) is 0 Å². The monoisotopic (exact) mass is 355 g/mol. The maximum atomic E-state index is 11.8. The number of likely N-dealkylation sites (tertiary alicyclic amines) is 2. The second kappa shape index (κ2) is 12.8. The largest absolute Gasteiger partial charge is 0.314 e. The molecule has 0 unspecified atom stereocenters. The molecule has 1 N–H and O–H groups in total. The normalized spacial score (nSPS) is 21.2. The molecule has 0 spiro atoms. The third-order valence-electron chi connectivity index (χ3n) is 5.61. The van der Waals surface area contributed by atoms with Crippen LogP contribution in [0.2, 0.25) is 0 Å². The van der Waals surface area contributed by atoms with E-state index in [2.05, 4.69) is 29.0 Å². The smallest absolute Gasteiger partial charge is 0.135 e. The Labute approximate surface area is 158 Å². The zero-order valence-electron chi connectivity index (χ0n) is 17.5. The number of nitrogens with one attached hydrogen (secondary N) is 1. The Hall–Kier alpha value is -0.450. The predicted molar refractivity (Wildman–Crippen MR) is 110 cm³/mol. The van der Waals surface area contributed by atoms with Gasteiger partial charge in [0, 0.05) is 25.8 Å². The van der Waals surface area contributed by atoms with Crippen molar-refractivity contribution in [1.29, 1.82) is 0 Å². The van der Waals surface area contributed by atoms with E-state index in [0.29, 0.717) is 24.2 Å². The van der Waals surface area contributed by atoms with E-state index < -0.39 is 0 Å². The maximum absolute atomic E-state index is 11.8. The minimum Gasteiger partial charge on any atom is -0.314 e. The van der Waals surface area contributed by atoms with Crippen LogP contribution < -0.4 is 5.32 Å². The molecular formula is C21H45N3O. The Balaban J connectivity index is 0.00000201. The average molecular weight is 356 g/mol. The summed E-state index contributed by atoms with van der Waals surface area (Å²) in [6.07, 6.45) is 6.78. The van der Waals surface area contributed by atoms with Crippen molar-refractivity contribution in [3.63, 3.8) is 0 Å². The number of carbonyl (C=O) groups excluding carboxylic acids is 1. The number of piperidine rings is 2. The van der Waals surface area contributed by atoms with Crippen LogP contribution in [0.15, 0.2) is 0 Å². The molecule has 0 bridgehead atoms. The first-order chi connectivity index (χ1) is 12.1. The lowest BCUT2D eigenvalue weighted by molar-refractivity contribution is -0.124. The molecule has 2 saturated heterocycles. The van der Waals surface area contributed by atoms with Crippen molar-refractivity contribution in [2.45, 2.75) is 85.2 Å². The van der Waals surface area contributed by atoms with E-state index >= 15 is 0 Å². The first-order valence-electron chi connectivity index (χ1n) is 10.8. The first-order valence-corrected chi connectivity index (χ1v) is 10.8. The van der Waals surface area contributed by atoms with Gasteiger partial charge in [-0.2, -0.15) is 0 Å². The molecule has 0 aliphatic carbocycles. The molecule has 0 aromatic heterocycles. The summed E-state index contributed by atoms with van der Waals surface area (Å²) in [6.45, 7) is 17.6. The predicted octanol–water partition coefficient (Wildman–Crippen LogP) is 3.80. The Morgan fingerprint density at radius 3 is 2.20 bits per heavy atom. The molecule has 4 heteroatoms. The highest BCUT2D eigenvalue weighted by Gasteiger charge is 2.29. The van der Waals surface area contributed by atoms with E-state index in [0.717, 1.165) is 38.5 Å². The Morgan fingerprint density at radius 2 is 1.68 bits per heavy atom. The molecule has 150 valence electrons. The fourth-order valence-electron chi connectivity index (χ4n) is 4.08. The quantitative estimate of drug-likeness (QED) is 0.672. The number of nitrogens with zero attached hydrogens (tertiary/aromatic N) is 2. The van der Waals surface area contributed by atoms with Gasteiger partial charge in [-0.1, -0.05) is 34.6 Å². The van der Waals surface area contributed by atoms with E-state index in [1.807, 2.05) is 20.8 Å². The third kappa shape index (κ3) is 8.19. The highest BCUT2D eigenvalue weighted by molar-refractivity contribution is 5.80. The van der Waals surface area contributed by atoms with Gasteiger partial charge in [0.1, 0.15) is 5.78 Å². The lowest BCUT2D eigenvalue weighted by Gasteiger charge is -2.41. The standard InChI is InChI=1S/C19H37N3O.C2H6.H2/c1-4-19(23)17-6-14-22(15-7-17)18-8-12-21(13-9-18)11-5-10-20-16(2)3;1-2;/h16-18,20H,4-15H2,1-3H3;1-2H3;1H. The Morgan fingerprint density at radius 1 is 1.08 bits per heavy atom. The van der Waals surface area contributed by atoms with Crippen molar-refractivity contribution in [2.24, 2.45) is 5.92 Å². The highest BCUT2D eigenvalue weighted by Crippen LogP contribution is 2.25. The molecule has 2 aliphatic rings. The summed E-state index contributed by atoms with van der Waals surface area (Å²) < 4.78 is 0. The molecule has 0 saturated carbocycles. The zero-order chi connectivity index (χ0) is 18.7. The summed E-state index contributed by atoms with van der Waals surface area (Å²) in [6, 6.07) is 1.36. The van der Waals surface area contributed by atoms with Crippen molar-refractivity contribution < 1.29 is 6.22 Å². The van der Waals surface area contributed by atoms with Crippen LogP contribution >= 0.6 is 0 Å². The number of hydrogen-bond donors (Lipinski definition) is 1. The fourth-order valence-corrected chi connectivity index (χ4v) is 4.08. The van der Waals surface area contributed by atoms with E-state index in [1.165, 1.54) is 38.9 Å². The zero-order valence-corrected chi connectivity index (χ0v) is 17.5. The summed E-state index contributed by atoms with van der Waals surface area (Å²) in [7, 11) is 0. The van der Waals surface area contributed by atoms with Gasteiger partial charge in [-0.25, -0.2) is 0 Å². The van der Waals surface area contributed by atoms with E-state index in [1.54, 1.807) is 0 Å². The van der Waals surface area contributed by atoms with Gasteiger partial charge in [-0.3, -0.25) is 4.79 Å². The Kier molecular flexibility index (Phi) is 11.6. The van der Waals surface area contributed by atoms with Gasteiger partial charge < -0.3 is 15.1 Å². The molecule has 0 aromatic carbocycles. The number of Topliss-reactive ketones (excluding diaryl/α,β-unsaturated/α-hetero) is 1. The minimum absolute atomic E-state index is 0. The Bertz CT molecular complexity index is 349. The number of ketones is 1. The lowest BCUT2D eigenvalue weighted by Crippen LogP contribution is -2.48. The van der Waals surface area contributed by atoms with Crippen molar-refractivity contribution in [3.8, 4) is 0 Å². The van der Waals surface area contributed by atoms with Gasteiger partial charge in [-0.15, -0.1) is 0 Å². The SMILES string of the molecule is CC.CCC(=O)C1CCN(C2CCN(CCCNC(C)C)CC2)CC1.[HH]. The first kappa shape index (κ1) is 22.6. The second-order valence-corrected chi connectivity index (χ2v) is 7.67. The van der Waals surface area contributed by atoms with Gasteiger partial charge >= 0.3 is 0 Å². The molecule has 2 heterocycles. The van der Waals surface area contributed by atoms with Crippen LogP contribution in [0.3, 0.4) is 0 Å². The summed E-state index contributed by atoms with van der Waals surface area (Å²) in [5.41, 5.74) is 0.